The van der Waals surface area contributed by atoms with Crippen molar-refractivity contribution in [3.05, 3.63) is 30.6 Å². The molecule has 2 heterocycles. The summed E-state index contributed by atoms with van der Waals surface area (Å²) >= 11 is 5.29. The first-order chi connectivity index (χ1) is 9.33. The van der Waals surface area contributed by atoms with Crippen molar-refractivity contribution in [2.75, 3.05) is 26.3 Å². The van der Waals surface area contributed by atoms with Crippen LogP contribution >= 0.6 is 12.2 Å². The van der Waals surface area contributed by atoms with Gasteiger partial charge >= 0.3 is 0 Å². The van der Waals surface area contributed by atoms with Crippen molar-refractivity contribution in [1.82, 2.24) is 14.9 Å². The van der Waals surface area contributed by atoms with E-state index in [4.69, 9.17) is 21.7 Å². The van der Waals surface area contributed by atoms with Crippen LogP contribution in [0, 0.1) is 0 Å². The molecule has 0 aliphatic carbocycles. The molecule has 0 bridgehead atoms. The lowest BCUT2D eigenvalue weighted by Crippen LogP contribution is -2.42. The van der Waals surface area contributed by atoms with E-state index in [2.05, 4.69) is 9.97 Å². The van der Waals surface area contributed by atoms with E-state index in [1.807, 2.05) is 23.1 Å². The molecule has 0 unspecified atom stereocenters. The van der Waals surface area contributed by atoms with Gasteiger partial charge in [-0.3, -0.25) is 9.97 Å². The van der Waals surface area contributed by atoms with Crippen LogP contribution < -0.4 is 4.74 Å². The largest absolute Gasteiger partial charge is 0.432 e. The van der Waals surface area contributed by atoms with Gasteiger partial charge in [0.1, 0.15) is 5.75 Å². The Morgan fingerprint density at radius 3 is 2.68 bits per heavy atom. The summed E-state index contributed by atoms with van der Waals surface area (Å²) in [6, 6.07) is 5.57. The van der Waals surface area contributed by atoms with E-state index in [9.17, 15) is 0 Å². The third-order valence-corrected chi connectivity index (χ3v) is 3.26. The predicted molar refractivity (Wildman–Crippen MR) is 75.2 cm³/mol. The number of morpholine rings is 1. The third kappa shape index (κ3) is 2.80. The second-order valence-corrected chi connectivity index (χ2v) is 4.52. The highest BCUT2D eigenvalue weighted by Crippen LogP contribution is 2.18. The van der Waals surface area contributed by atoms with Gasteiger partial charge in [-0.1, -0.05) is 0 Å². The van der Waals surface area contributed by atoms with Crippen LogP contribution in [0.3, 0.4) is 0 Å². The number of nitrogens with zero attached hydrogens (tertiary/aromatic N) is 3. The zero-order chi connectivity index (χ0) is 13.1. The van der Waals surface area contributed by atoms with Gasteiger partial charge in [-0.2, -0.15) is 0 Å². The Labute approximate surface area is 116 Å². The van der Waals surface area contributed by atoms with E-state index in [0.717, 1.165) is 24.1 Å². The summed E-state index contributed by atoms with van der Waals surface area (Å²) < 4.78 is 11.0. The summed E-state index contributed by atoms with van der Waals surface area (Å²) in [5, 5.41) is 0.478. The number of rotatable bonds is 1. The topological polar surface area (TPSA) is 47.5 Å². The van der Waals surface area contributed by atoms with Crippen molar-refractivity contribution in [2.24, 2.45) is 0 Å². The molecule has 1 aliphatic rings. The molecular weight excluding hydrogens is 262 g/mol. The van der Waals surface area contributed by atoms with Crippen LogP contribution in [0.4, 0.5) is 0 Å². The maximum Gasteiger partial charge on any atom is 0.265 e. The molecule has 0 spiro atoms. The molecule has 1 aromatic carbocycles. The van der Waals surface area contributed by atoms with E-state index in [1.165, 1.54) is 0 Å². The van der Waals surface area contributed by atoms with Gasteiger partial charge in [0, 0.05) is 31.5 Å². The molecule has 1 saturated heterocycles. The Balaban J connectivity index is 1.75. The van der Waals surface area contributed by atoms with Crippen molar-refractivity contribution in [3.63, 3.8) is 0 Å². The minimum Gasteiger partial charge on any atom is -0.432 e. The molecule has 6 heteroatoms. The Morgan fingerprint density at radius 1 is 1.16 bits per heavy atom. The molecule has 19 heavy (non-hydrogen) atoms. The van der Waals surface area contributed by atoms with Crippen molar-refractivity contribution >= 4 is 28.4 Å². The second-order valence-electron chi connectivity index (χ2n) is 4.17. The summed E-state index contributed by atoms with van der Waals surface area (Å²) in [5.41, 5.74) is 1.64. The molecule has 0 amide bonds. The van der Waals surface area contributed by atoms with Crippen LogP contribution in [-0.4, -0.2) is 46.3 Å². The molecule has 0 radical (unpaired) electrons. The van der Waals surface area contributed by atoms with Gasteiger partial charge in [0.05, 0.1) is 24.2 Å². The second kappa shape index (κ2) is 5.46. The molecule has 98 valence electrons. The first-order valence-corrected chi connectivity index (χ1v) is 6.49. The van der Waals surface area contributed by atoms with Gasteiger partial charge in [0.2, 0.25) is 0 Å². The standard InChI is InChI=1S/C13H13N3O2S/c19-13(16-5-7-17-8-6-16)18-10-1-2-11-12(9-10)15-4-3-14-11/h1-4,9H,5-8H2. The van der Waals surface area contributed by atoms with Crippen LogP contribution in [0.1, 0.15) is 0 Å². The SMILES string of the molecule is S=C(Oc1ccc2nccnc2c1)N1CCOCC1. The van der Waals surface area contributed by atoms with E-state index >= 15 is 0 Å². The smallest absolute Gasteiger partial charge is 0.265 e. The molecule has 2 aromatic rings. The summed E-state index contributed by atoms with van der Waals surface area (Å²) in [7, 11) is 0. The average molecular weight is 275 g/mol. The van der Waals surface area contributed by atoms with Crippen LogP contribution in [0.25, 0.3) is 11.0 Å². The van der Waals surface area contributed by atoms with Crippen molar-refractivity contribution < 1.29 is 9.47 Å². The summed E-state index contributed by atoms with van der Waals surface area (Å²) in [5.74, 6) is 0.685. The van der Waals surface area contributed by atoms with E-state index in [1.54, 1.807) is 12.4 Å². The first-order valence-electron chi connectivity index (χ1n) is 6.08. The van der Waals surface area contributed by atoms with E-state index < -0.39 is 0 Å². The molecular formula is C13H13N3O2S. The van der Waals surface area contributed by atoms with Crippen molar-refractivity contribution in [2.45, 2.75) is 0 Å². The van der Waals surface area contributed by atoms with Gasteiger partial charge in [-0.05, 0) is 24.4 Å². The third-order valence-electron chi connectivity index (χ3n) is 2.92. The highest BCUT2D eigenvalue weighted by molar-refractivity contribution is 7.80. The minimum atomic E-state index is 0.478. The zero-order valence-corrected chi connectivity index (χ0v) is 11.1. The van der Waals surface area contributed by atoms with Gasteiger partial charge in [0.15, 0.2) is 0 Å². The number of thiocarbonyl (C=S) groups is 1. The fourth-order valence-electron chi connectivity index (χ4n) is 1.92. The molecule has 0 atom stereocenters. The molecule has 1 aromatic heterocycles. The van der Waals surface area contributed by atoms with Crippen molar-refractivity contribution in [3.8, 4) is 5.75 Å². The highest BCUT2D eigenvalue weighted by Gasteiger charge is 2.15. The van der Waals surface area contributed by atoms with Gasteiger partial charge < -0.3 is 14.4 Å². The fraction of sp³-hybridized carbons (Fsp3) is 0.308. The summed E-state index contributed by atoms with van der Waals surface area (Å²) in [4.78, 5) is 10.5. The summed E-state index contributed by atoms with van der Waals surface area (Å²) in [6.45, 7) is 2.91. The van der Waals surface area contributed by atoms with E-state index in [-0.39, 0.29) is 0 Å². The maximum absolute atomic E-state index is 5.70. The molecule has 0 saturated carbocycles. The fourth-order valence-corrected chi connectivity index (χ4v) is 2.20. The number of hydrogen-bond donors (Lipinski definition) is 0. The average Bonchev–Trinajstić information content (AvgIpc) is 2.48. The van der Waals surface area contributed by atoms with Crippen molar-refractivity contribution in [1.29, 1.82) is 0 Å². The number of hydrogen-bond acceptors (Lipinski definition) is 5. The molecule has 3 rings (SSSR count). The quantitative estimate of drug-likeness (QED) is 0.737. The number of ether oxygens (including phenoxy) is 2. The number of benzene rings is 1. The van der Waals surface area contributed by atoms with Crippen LogP contribution in [0.5, 0.6) is 5.75 Å². The Morgan fingerprint density at radius 2 is 1.89 bits per heavy atom. The maximum atomic E-state index is 5.70. The van der Waals surface area contributed by atoms with E-state index in [0.29, 0.717) is 24.1 Å². The van der Waals surface area contributed by atoms with Crippen LogP contribution in [0.15, 0.2) is 30.6 Å². The Kier molecular flexibility index (Phi) is 3.52. The number of fused-ring (bicyclic) bond motifs is 1. The summed E-state index contributed by atoms with van der Waals surface area (Å²) in [6.07, 6.45) is 3.33. The first kappa shape index (κ1) is 12.3. The van der Waals surface area contributed by atoms with Gasteiger partial charge in [-0.25, -0.2) is 0 Å². The monoisotopic (exact) mass is 275 g/mol. The lowest BCUT2D eigenvalue weighted by molar-refractivity contribution is 0.0631. The normalized spacial score (nSPS) is 15.5. The Bertz CT molecular complexity index is 599. The predicted octanol–water partition coefficient (Wildman–Crippen LogP) is 1.63. The molecule has 5 nitrogen and oxygen atoms in total. The lowest BCUT2D eigenvalue weighted by Gasteiger charge is -2.28. The van der Waals surface area contributed by atoms with Crippen LogP contribution in [0.2, 0.25) is 0 Å². The zero-order valence-electron chi connectivity index (χ0n) is 10.3. The Hall–Kier alpha value is -1.79. The molecule has 1 aliphatic heterocycles. The van der Waals surface area contributed by atoms with Crippen LogP contribution in [-0.2, 0) is 4.74 Å². The molecule has 0 N–H and O–H groups in total. The van der Waals surface area contributed by atoms with Gasteiger partial charge in [0.25, 0.3) is 5.17 Å². The highest BCUT2D eigenvalue weighted by atomic mass is 32.1. The van der Waals surface area contributed by atoms with Gasteiger partial charge in [-0.15, -0.1) is 0 Å². The minimum absolute atomic E-state index is 0.478. The molecule has 1 fully saturated rings. The lowest BCUT2D eigenvalue weighted by atomic mass is 10.3. The number of aromatic nitrogens is 2.